The number of carbonyl (C=O) groups excluding carboxylic acids is 1. The van der Waals surface area contributed by atoms with Crippen LogP contribution in [0.25, 0.3) is 17.1 Å². The van der Waals surface area contributed by atoms with Gasteiger partial charge in [0.1, 0.15) is 22.2 Å². The fourth-order valence-corrected chi connectivity index (χ4v) is 6.58. The number of anilines is 1. The molecule has 1 amide bonds. The Morgan fingerprint density at radius 2 is 1.62 bits per heavy atom. The zero-order valence-corrected chi connectivity index (χ0v) is 25.0. The molecule has 0 bridgehead atoms. The van der Waals surface area contributed by atoms with Gasteiger partial charge in [0.25, 0.3) is 5.91 Å². The number of para-hydroxylation sites is 1. The summed E-state index contributed by atoms with van der Waals surface area (Å²) < 4.78 is 12.7. The van der Waals surface area contributed by atoms with Gasteiger partial charge in [-0.05, 0) is 48.5 Å². The molecule has 0 N–H and O–H groups in total. The van der Waals surface area contributed by atoms with Crippen LogP contribution in [0, 0.1) is 0 Å². The molecule has 2 aromatic heterocycles. The van der Waals surface area contributed by atoms with Gasteiger partial charge in [-0.15, -0.1) is 21.5 Å². The first-order chi connectivity index (χ1) is 20.6. The second-order valence-corrected chi connectivity index (χ2v) is 11.5. The molecule has 6 rings (SSSR count). The molecule has 0 aliphatic carbocycles. The summed E-state index contributed by atoms with van der Waals surface area (Å²) in [6.45, 7) is 2.85. The SMILES string of the molecule is COc1ccc(N2CCN(C(=O)c3csc(CSc4nnc(-c5cccc(OC)c5)n4-c4ccccc4)n3)CC2)cc1. The molecule has 11 heteroatoms. The van der Waals surface area contributed by atoms with E-state index in [1.165, 1.54) is 11.3 Å². The minimum Gasteiger partial charge on any atom is -0.497 e. The number of thioether (sulfide) groups is 1. The highest BCUT2D eigenvalue weighted by Gasteiger charge is 2.24. The molecule has 1 aliphatic rings. The van der Waals surface area contributed by atoms with Gasteiger partial charge in [-0.2, -0.15) is 0 Å². The summed E-state index contributed by atoms with van der Waals surface area (Å²) in [4.78, 5) is 22.1. The highest BCUT2D eigenvalue weighted by atomic mass is 32.2. The van der Waals surface area contributed by atoms with E-state index in [9.17, 15) is 4.79 Å². The summed E-state index contributed by atoms with van der Waals surface area (Å²) in [5.74, 6) is 2.87. The third-order valence-electron chi connectivity index (χ3n) is 7.08. The lowest BCUT2D eigenvalue weighted by molar-refractivity contribution is 0.0741. The predicted molar refractivity (Wildman–Crippen MR) is 166 cm³/mol. The van der Waals surface area contributed by atoms with Crippen LogP contribution in [0.1, 0.15) is 15.5 Å². The van der Waals surface area contributed by atoms with Gasteiger partial charge in [0.2, 0.25) is 0 Å². The van der Waals surface area contributed by atoms with E-state index in [0.29, 0.717) is 24.5 Å². The molecule has 0 unspecified atom stereocenters. The molecule has 5 aromatic rings. The molecule has 0 saturated carbocycles. The van der Waals surface area contributed by atoms with Crippen molar-refractivity contribution < 1.29 is 14.3 Å². The van der Waals surface area contributed by atoms with Crippen LogP contribution in [-0.4, -0.2) is 71.0 Å². The van der Waals surface area contributed by atoms with Crippen LogP contribution in [0.2, 0.25) is 0 Å². The van der Waals surface area contributed by atoms with Crippen LogP contribution in [-0.2, 0) is 5.75 Å². The van der Waals surface area contributed by atoms with E-state index in [1.54, 1.807) is 26.0 Å². The van der Waals surface area contributed by atoms with Crippen molar-refractivity contribution in [2.45, 2.75) is 10.9 Å². The fourth-order valence-electron chi connectivity index (χ4n) is 4.85. The van der Waals surface area contributed by atoms with Gasteiger partial charge in [0.15, 0.2) is 11.0 Å². The normalized spacial score (nSPS) is 13.3. The van der Waals surface area contributed by atoms with Crippen LogP contribution in [0.3, 0.4) is 0 Å². The number of ether oxygens (including phenoxy) is 2. The first-order valence-electron chi connectivity index (χ1n) is 13.5. The van der Waals surface area contributed by atoms with E-state index >= 15 is 0 Å². The molecule has 1 fully saturated rings. The van der Waals surface area contributed by atoms with Gasteiger partial charge in [0.05, 0.1) is 20.0 Å². The number of hydrogen-bond acceptors (Lipinski definition) is 9. The van der Waals surface area contributed by atoms with Crippen LogP contribution >= 0.6 is 23.1 Å². The summed E-state index contributed by atoms with van der Waals surface area (Å²) >= 11 is 3.04. The summed E-state index contributed by atoms with van der Waals surface area (Å²) in [5, 5.41) is 12.5. The molecule has 3 heterocycles. The number of amides is 1. The van der Waals surface area contributed by atoms with E-state index in [-0.39, 0.29) is 5.91 Å². The van der Waals surface area contributed by atoms with Gasteiger partial charge >= 0.3 is 0 Å². The Balaban J connectivity index is 1.13. The molecule has 214 valence electrons. The minimum absolute atomic E-state index is 0.0235. The maximum absolute atomic E-state index is 13.3. The molecule has 9 nitrogen and oxygen atoms in total. The standard InChI is InChI=1S/C31H30N6O3S2/c1-39-25-13-11-23(12-14-25)35-15-17-36(18-16-35)30(38)27-20-41-28(32-27)21-42-31-34-33-29(22-7-6-10-26(19-22)40-2)37(31)24-8-4-3-5-9-24/h3-14,19-20H,15-18,21H2,1-2H3. The zero-order chi connectivity index (χ0) is 28.9. The number of rotatable bonds is 9. The topological polar surface area (TPSA) is 85.6 Å². The first kappa shape index (κ1) is 27.8. The van der Waals surface area contributed by atoms with Crippen LogP contribution < -0.4 is 14.4 Å². The van der Waals surface area contributed by atoms with E-state index < -0.39 is 0 Å². The number of carbonyl (C=O) groups is 1. The molecule has 3 aromatic carbocycles. The van der Waals surface area contributed by atoms with Crippen molar-refractivity contribution in [2.24, 2.45) is 0 Å². The average molecular weight is 599 g/mol. The van der Waals surface area contributed by atoms with Crippen molar-refractivity contribution in [3.63, 3.8) is 0 Å². The lowest BCUT2D eigenvalue weighted by atomic mass is 10.2. The van der Waals surface area contributed by atoms with Gasteiger partial charge in [-0.3, -0.25) is 9.36 Å². The molecular formula is C31H30N6O3S2. The Kier molecular flexibility index (Phi) is 8.38. The minimum atomic E-state index is -0.0235. The predicted octanol–water partition coefficient (Wildman–Crippen LogP) is 5.66. The van der Waals surface area contributed by atoms with Crippen molar-refractivity contribution in [1.82, 2.24) is 24.6 Å². The molecule has 42 heavy (non-hydrogen) atoms. The highest BCUT2D eigenvalue weighted by Crippen LogP contribution is 2.32. The Hall–Kier alpha value is -4.35. The molecule has 0 atom stereocenters. The summed E-state index contributed by atoms with van der Waals surface area (Å²) in [6.07, 6.45) is 0. The van der Waals surface area contributed by atoms with Crippen LogP contribution in [0.15, 0.2) is 89.4 Å². The molecule has 0 radical (unpaired) electrons. The summed E-state index contributed by atoms with van der Waals surface area (Å²) in [5.41, 5.74) is 3.50. The zero-order valence-electron chi connectivity index (χ0n) is 23.3. The van der Waals surface area contributed by atoms with Crippen molar-refractivity contribution >= 4 is 34.7 Å². The number of thiazole rings is 1. The second-order valence-electron chi connectivity index (χ2n) is 9.60. The lowest BCUT2D eigenvalue weighted by Gasteiger charge is -2.35. The van der Waals surface area contributed by atoms with Crippen molar-refractivity contribution in [3.8, 4) is 28.6 Å². The number of nitrogens with zero attached hydrogens (tertiary/aromatic N) is 6. The number of methoxy groups -OCH3 is 2. The summed E-state index contributed by atoms with van der Waals surface area (Å²) in [7, 11) is 3.32. The molecule has 1 saturated heterocycles. The maximum atomic E-state index is 13.3. The lowest BCUT2D eigenvalue weighted by Crippen LogP contribution is -2.48. The fraction of sp³-hybridized carbons (Fsp3) is 0.226. The Morgan fingerprint density at radius 1 is 0.857 bits per heavy atom. The number of aromatic nitrogens is 4. The third-order valence-corrected chi connectivity index (χ3v) is 9.05. The summed E-state index contributed by atoms with van der Waals surface area (Å²) in [6, 6.07) is 25.9. The highest BCUT2D eigenvalue weighted by molar-refractivity contribution is 7.98. The molecule has 1 aliphatic heterocycles. The largest absolute Gasteiger partial charge is 0.497 e. The van der Waals surface area contributed by atoms with Gasteiger partial charge < -0.3 is 19.3 Å². The number of piperazine rings is 1. The third kappa shape index (κ3) is 5.97. The van der Waals surface area contributed by atoms with Crippen molar-refractivity contribution in [3.05, 3.63) is 94.9 Å². The van der Waals surface area contributed by atoms with Gasteiger partial charge in [-0.25, -0.2) is 4.98 Å². The van der Waals surface area contributed by atoms with Gasteiger partial charge in [-0.1, -0.05) is 42.1 Å². The van der Waals surface area contributed by atoms with E-state index in [1.807, 2.05) is 81.6 Å². The monoisotopic (exact) mass is 598 g/mol. The van der Waals surface area contributed by atoms with E-state index in [0.717, 1.165) is 57.5 Å². The van der Waals surface area contributed by atoms with Gasteiger partial charge in [0, 0.05) is 48.5 Å². The molecule has 0 spiro atoms. The van der Waals surface area contributed by atoms with E-state index in [4.69, 9.17) is 14.5 Å². The number of hydrogen-bond donors (Lipinski definition) is 0. The Morgan fingerprint density at radius 3 is 2.36 bits per heavy atom. The maximum Gasteiger partial charge on any atom is 0.273 e. The number of benzene rings is 3. The van der Waals surface area contributed by atoms with Crippen LogP contribution in [0.5, 0.6) is 11.5 Å². The molecular weight excluding hydrogens is 569 g/mol. The Bertz CT molecular complexity index is 1650. The van der Waals surface area contributed by atoms with Crippen LogP contribution in [0.4, 0.5) is 5.69 Å². The quantitative estimate of drug-likeness (QED) is 0.201. The second kappa shape index (κ2) is 12.7. The van der Waals surface area contributed by atoms with Crippen molar-refractivity contribution in [1.29, 1.82) is 0 Å². The average Bonchev–Trinajstić information content (AvgIpc) is 3.71. The smallest absolute Gasteiger partial charge is 0.273 e. The van der Waals surface area contributed by atoms with Crippen molar-refractivity contribution in [2.75, 3.05) is 45.3 Å². The Labute approximate surface area is 252 Å². The first-order valence-corrected chi connectivity index (χ1v) is 15.4. The van der Waals surface area contributed by atoms with E-state index in [2.05, 4.69) is 27.2 Å².